The number of primary amides is 1. The van der Waals surface area contributed by atoms with Gasteiger partial charge in [0.1, 0.15) is 5.75 Å². The third-order valence-corrected chi connectivity index (χ3v) is 3.90. The summed E-state index contributed by atoms with van der Waals surface area (Å²) in [4.78, 5) is 11.7. The van der Waals surface area contributed by atoms with Gasteiger partial charge in [-0.25, -0.2) is 0 Å². The van der Waals surface area contributed by atoms with Crippen molar-refractivity contribution in [1.82, 2.24) is 0 Å². The molecule has 1 aromatic carbocycles. The van der Waals surface area contributed by atoms with Gasteiger partial charge in [0, 0.05) is 0 Å². The lowest BCUT2D eigenvalue weighted by atomic mass is 9.76. The first-order chi connectivity index (χ1) is 8.72. The van der Waals surface area contributed by atoms with Crippen LogP contribution in [-0.4, -0.2) is 13.0 Å². The van der Waals surface area contributed by atoms with E-state index in [0.717, 1.165) is 24.2 Å². The van der Waals surface area contributed by atoms with Crippen molar-refractivity contribution in [3.05, 3.63) is 29.8 Å². The van der Waals surface area contributed by atoms with E-state index < -0.39 is 0 Å². The quantitative estimate of drug-likeness (QED) is 0.889. The van der Waals surface area contributed by atoms with Gasteiger partial charge in [0.15, 0.2) is 0 Å². The second-order valence-electron chi connectivity index (χ2n) is 5.05. The average molecular weight is 247 g/mol. The number of nitrogens with two attached hydrogens (primary N) is 1. The maximum Gasteiger partial charge on any atom is 0.225 e. The Hall–Kier alpha value is -1.51. The van der Waals surface area contributed by atoms with E-state index in [0.29, 0.717) is 5.92 Å². The van der Waals surface area contributed by atoms with E-state index in [9.17, 15) is 4.79 Å². The second-order valence-corrected chi connectivity index (χ2v) is 5.05. The molecule has 0 heterocycles. The van der Waals surface area contributed by atoms with Crippen molar-refractivity contribution < 1.29 is 9.53 Å². The average Bonchev–Trinajstić information content (AvgIpc) is 2.40. The van der Waals surface area contributed by atoms with Crippen LogP contribution in [0.25, 0.3) is 0 Å². The van der Waals surface area contributed by atoms with Crippen molar-refractivity contribution >= 4 is 5.91 Å². The zero-order valence-electron chi connectivity index (χ0n) is 10.9. The number of carbonyl (C=O) groups is 1. The van der Waals surface area contributed by atoms with Gasteiger partial charge >= 0.3 is 0 Å². The highest BCUT2D eigenvalue weighted by atomic mass is 16.5. The van der Waals surface area contributed by atoms with Crippen LogP contribution in [0.1, 0.15) is 43.6 Å². The second kappa shape index (κ2) is 5.89. The number of rotatable bonds is 4. The third-order valence-electron chi connectivity index (χ3n) is 3.90. The van der Waals surface area contributed by atoms with E-state index in [-0.39, 0.29) is 11.8 Å². The van der Waals surface area contributed by atoms with Crippen LogP contribution in [0.2, 0.25) is 0 Å². The van der Waals surface area contributed by atoms with Gasteiger partial charge in [-0.05, 0) is 36.5 Å². The van der Waals surface area contributed by atoms with Gasteiger partial charge in [-0.2, -0.15) is 0 Å². The summed E-state index contributed by atoms with van der Waals surface area (Å²) in [6.45, 7) is 0. The Labute approximate surface area is 108 Å². The van der Waals surface area contributed by atoms with Gasteiger partial charge < -0.3 is 10.5 Å². The minimum Gasteiger partial charge on any atom is -0.497 e. The number of carbonyl (C=O) groups excluding carboxylic acids is 1. The number of ether oxygens (including phenoxy) is 1. The molecule has 1 saturated carbocycles. The van der Waals surface area contributed by atoms with E-state index in [2.05, 4.69) is 0 Å². The molecule has 0 bridgehead atoms. The van der Waals surface area contributed by atoms with Gasteiger partial charge in [-0.15, -0.1) is 0 Å². The molecule has 98 valence electrons. The van der Waals surface area contributed by atoms with Crippen LogP contribution in [0.15, 0.2) is 24.3 Å². The fourth-order valence-electron chi connectivity index (χ4n) is 2.95. The van der Waals surface area contributed by atoms with E-state index in [1.165, 1.54) is 19.3 Å². The van der Waals surface area contributed by atoms with Crippen molar-refractivity contribution in [3.63, 3.8) is 0 Å². The smallest absolute Gasteiger partial charge is 0.225 e. The van der Waals surface area contributed by atoms with Crippen LogP contribution in [0.5, 0.6) is 5.75 Å². The summed E-state index contributed by atoms with van der Waals surface area (Å²) in [5.41, 5.74) is 6.62. The van der Waals surface area contributed by atoms with Crippen molar-refractivity contribution in [2.75, 3.05) is 7.11 Å². The molecule has 2 rings (SSSR count). The summed E-state index contributed by atoms with van der Waals surface area (Å²) < 4.78 is 5.14. The molecule has 1 aliphatic carbocycles. The monoisotopic (exact) mass is 247 g/mol. The molecule has 0 spiro atoms. The highest BCUT2D eigenvalue weighted by Gasteiger charge is 2.29. The fourth-order valence-corrected chi connectivity index (χ4v) is 2.95. The summed E-state index contributed by atoms with van der Waals surface area (Å²) in [6, 6.07) is 7.72. The van der Waals surface area contributed by atoms with Gasteiger partial charge in [0.05, 0.1) is 13.0 Å². The van der Waals surface area contributed by atoms with Crippen LogP contribution >= 0.6 is 0 Å². The van der Waals surface area contributed by atoms with Gasteiger partial charge in [0.2, 0.25) is 5.91 Å². The lowest BCUT2D eigenvalue weighted by Gasteiger charge is -2.28. The Bertz CT molecular complexity index is 393. The number of amides is 1. The van der Waals surface area contributed by atoms with Gasteiger partial charge in [-0.1, -0.05) is 31.4 Å². The number of hydrogen-bond acceptors (Lipinski definition) is 2. The molecule has 1 aliphatic rings. The minimum atomic E-state index is -0.202. The fraction of sp³-hybridized carbons (Fsp3) is 0.533. The predicted molar refractivity (Wildman–Crippen MR) is 71.5 cm³/mol. The van der Waals surface area contributed by atoms with Gasteiger partial charge in [0.25, 0.3) is 0 Å². The zero-order valence-corrected chi connectivity index (χ0v) is 10.9. The normalized spacial score (nSPS) is 18.3. The van der Waals surface area contributed by atoms with E-state index >= 15 is 0 Å². The molecule has 0 radical (unpaired) electrons. The van der Waals surface area contributed by atoms with Crippen LogP contribution < -0.4 is 10.5 Å². The van der Waals surface area contributed by atoms with Crippen LogP contribution in [-0.2, 0) is 4.79 Å². The molecule has 1 unspecified atom stereocenters. The molecule has 0 aromatic heterocycles. The molecule has 1 amide bonds. The van der Waals surface area contributed by atoms with E-state index in [1.807, 2.05) is 24.3 Å². The molecular weight excluding hydrogens is 226 g/mol. The Morgan fingerprint density at radius 2 is 1.83 bits per heavy atom. The maximum absolute atomic E-state index is 11.7. The zero-order chi connectivity index (χ0) is 13.0. The molecule has 1 aromatic rings. The Morgan fingerprint density at radius 3 is 2.33 bits per heavy atom. The summed E-state index contributed by atoms with van der Waals surface area (Å²) in [5.74, 6) is 0.874. The number of methoxy groups -OCH3 is 1. The lowest BCUT2D eigenvalue weighted by Crippen LogP contribution is -2.29. The molecule has 0 saturated heterocycles. The summed E-state index contributed by atoms with van der Waals surface area (Å²) in [6.07, 6.45) is 5.93. The highest BCUT2D eigenvalue weighted by Crippen LogP contribution is 2.36. The first-order valence-electron chi connectivity index (χ1n) is 6.65. The predicted octanol–water partition coefficient (Wildman–Crippen LogP) is 2.84. The minimum absolute atomic E-state index is 0.142. The third kappa shape index (κ3) is 2.84. The van der Waals surface area contributed by atoms with Crippen LogP contribution in [0.4, 0.5) is 0 Å². The molecule has 1 atom stereocenters. The highest BCUT2D eigenvalue weighted by molar-refractivity contribution is 5.82. The molecule has 2 N–H and O–H groups in total. The van der Waals surface area contributed by atoms with Crippen LogP contribution in [0, 0.1) is 5.92 Å². The van der Waals surface area contributed by atoms with Crippen molar-refractivity contribution in [3.8, 4) is 5.75 Å². The maximum atomic E-state index is 11.7. The van der Waals surface area contributed by atoms with E-state index in [4.69, 9.17) is 10.5 Å². The van der Waals surface area contributed by atoms with Crippen LogP contribution in [0.3, 0.4) is 0 Å². The first-order valence-corrected chi connectivity index (χ1v) is 6.65. The Balaban J connectivity index is 2.20. The molecule has 3 heteroatoms. The largest absolute Gasteiger partial charge is 0.497 e. The molecule has 3 nitrogen and oxygen atoms in total. The first kappa shape index (κ1) is 12.9. The SMILES string of the molecule is COc1ccc(C(C(N)=O)C2CCCCC2)cc1. The summed E-state index contributed by atoms with van der Waals surface area (Å²) in [5, 5.41) is 0. The summed E-state index contributed by atoms with van der Waals surface area (Å²) in [7, 11) is 1.64. The van der Waals surface area contributed by atoms with Crippen molar-refractivity contribution in [2.45, 2.75) is 38.0 Å². The topological polar surface area (TPSA) is 52.3 Å². The lowest BCUT2D eigenvalue weighted by molar-refractivity contribution is -0.120. The Kier molecular flexibility index (Phi) is 4.24. The number of benzene rings is 1. The Morgan fingerprint density at radius 1 is 1.22 bits per heavy atom. The molecular formula is C15H21NO2. The van der Waals surface area contributed by atoms with E-state index in [1.54, 1.807) is 7.11 Å². The van der Waals surface area contributed by atoms with Crippen molar-refractivity contribution in [1.29, 1.82) is 0 Å². The standard InChI is InChI=1S/C15H21NO2/c1-18-13-9-7-12(8-10-13)14(15(16)17)11-5-3-2-4-6-11/h7-11,14H,2-6H2,1H3,(H2,16,17). The number of hydrogen-bond donors (Lipinski definition) is 1. The molecule has 1 fully saturated rings. The van der Waals surface area contributed by atoms with Gasteiger partial charge in [-0.3, -0.25) is 4.79 Å². The van der Waals surface area contributed by atoms with Crippen molar-refractivity contribution in [2.24, 2.45) is 11.7 Å². The summed E-state index contributed by atoms with van der Waals surface area (Å²) >= 11 is 0. The molecule has 0 aliphatic heterocycles. The molecule has 18 heavy (non-hydrogen) atoms.